The number of hydrogen-bond acceptors (Lipinski definition) is 8. The normalized spacial score (nSPS) is 26.1. The minimum Gasteiger partial charge on any atom is -0.460 e. The van der Waals surface area contributed by atoms with Gasteiger partial charge in [0, 0.05) is 13.1 Å². The molecule has 0 aromatic carbocycles. The highest BCUT2D eigenvalue weighted by Gasteiger charge is 2.69. The average molecular weight is 661 g/mol. The molecule has 7 atom stereocenters. The molecule has 12 heteroatoms. The van der Waals surface area contributed by atoms with Gasteiger partial charge in [-0.05, 0) is 90.4 Å². The molecule has 3 N–H and O–H groups in total. The van der Waals surface area contributed by atoms with Gasteiger partial charge in [0.2, 0.25) is 17.6 Å². The number of piperidine rings is 1. The predicted molar refractivity (Wildman–Crippen MR) is 176 cm³/mol. The minimum atomic E-state index is -1.06. The summed E-state index contributed by atoms with van der Waals surface area (Å²) in [6.45, 7) is 20.5. The van der Waals surface area contributed by atoms with Crippen LogP contribution in [-0.2, 0) is 33.4 Å². The molecule has 1 heterocycles. The predicted octanol–water partition coefficient (Wildman–Crippen LogP) is 3.67. The van der Waals surface area contributed by atoms with Crippen molar-refractivity contribution >= 4 is 35.6 Å². The summed E-state index contributed by atoms with van der Waals surface area (Å²) in [5.41, 5.74) is -1.70. The molecule has 3 fully saturated rings. The SMILES string of the molecule is C=CCNC(=O)C(=O)[C@H](CCC)NC(=O)C1C2C(CN1C(=O)C(NC(=O)OC(C)(C)C)C1CCC[C@@H](C(=O)OC(C)(C)C)C1)C2(C)C. The van der Waals surface area contributed by atoms with E-state index in [1.807, 2.05) is 20.8 Å². The molecule has 2 saturated carbocycles. The van der Waals surface area contributed by atoms with E-state index in [0.29, 0.717) is 38.6 Å². The van der Waals surface area contributed by atoms with E-state index in [1.165, 1.54) is 11.0 Å². The quantitative estimate of drug-likeness (QED) is 0.162. The van der Waals surface area contributed by atoms with E-state index in [2.05, 4.69) is 22.5 Å². The van der Waals surface area contributed by atoms with Gasteiger partial charge in [0.05, 0.1) is 12.0 Å². The van der Waals surface area contributed by atoms with Gasteiger partial charge in [0.15, 0.2) is 0 Å². The van der Waals surface area contributed by atoms with Crippen LogP contribution in [0.15, 0.2) is 12.7 Å². The summed E-state index contributed by atoms with van der Waals surface area (Å²) in [6.07, 6.45) is 3.67. The van der Waals surface area contributed by atoms with Crippen LogP contribution in [0.4, 0.5) is 4.79 Å². The maximum atomic E-state index is 14.5. The summed E-state index contributed by atoms with van der Waals surface area (Å²) >= 11 is 0. The van der Waals surface area contributed by atoms with Gasteiger partial charge in [0.1, 0.15) is 23.3 Å². The fourth-order valence-electron chi connectivity index (χ4n) is 7.16. The molecule has 3 aliphatic rings. The van der Waals surface area contributed by atoms with Crippen LogP contribution in [0.2, 0.25) is 0 Å². The number of carbonyl (C=O) groups excluding carboxylic acids is 6. The van der Waals surface area contributed by atoms with E-state index in [0.717, 1.165) is 0 Å². The number of carbonyl (C=O) groups is 6. The fraction of sp³-hybridized carbons (Fsp3) is 0.771. The summed E-state index contributed by atoms with van der Waals surface area (Å²) in [7, 11) is 0. The van der Waals surface area contributed by atoms with Crippen LogP contribution in [0.5, 0.6) is 0 Å². The second-order valence-corrected chi connectivity index (χ2v) is 15.9. The number of alkyl carbamates (subject to hydrolysis) is 1. The van der Waals surface area contributed by atoms with E-state index in [4.69, 9.17) is 9.47 Å². The smallest absolute Gasteiger partial charge is 0.408 e. The molecular formula is C35H56N4O8. The Morgan fingerprint density at radius 3 is 2.19 bits per heavy atom. The Morgan fingerprint density at radius 1 is 0.979 bits per heavy atom. The monoisotopic (exact) mass is 660 g/mol. The molecule has 1 aliphatic heterocycles. The Kier molecular flexibility index (Phi) is 11.9. The van der Waals surface area contributed by atoms with Crippen LogP contribution < -0.4 is 16.0 Å². The Hall–Kier alpha value is -3.44. The van der Waals surface area contributed by atoms with Gasteiger partial charge < -0.3 is 30.3 Å². The molecule has 0 aromatic heterocycles. The molecule has 0 spiro atoms. The van der Waals surface area contributed by atoms with E-state index in [-0.39, 0.29) is 36.2 Å². The third kappa shape index (κ3) is 9.56. The lowest BCUT2D eigenvalue weighted by atomic mass is 9.77. The van der Waals surface area contributed by atoms with Gasteiger partial charge >= 0.3 is 12.1 Å². The number of ether oxygens (including phenoxy) is 2. The van der Waals surface area contributed by atoms with Gasteiger partial charge in [-0.15, -0.1) is 6.58 Å². The summed E-state index contributed by atoms with van der Waals surface area (Å²) in [4.78, 5) is 81.7. The lowest BCUT2D eigenvalue weighted by Crippen LogP contribution is -2.60. The molecule has 47 heavy (non-hydrogen) atoms. The maximum Gasteiger partial charge on any atom is 0.408 e. The van der Waals surface area contributed by atoms with Crippen molar-refractivity contribution in [1.29, 1.82) is 0 Å². The first kappa shape index (κ1) is 38.0. The summed E-state index contributed by atoms with van der Waals surface area (Å²) < 4.78 is 11.2. The van der Waals surface area contributed by atoms with Gasteiger partial charge in [0.25, 0.3) is 5.91 Å². The highest BCUT2D eigenvalue weighted by Crippen LogP contribution is 2.65. The van der Waals surface area contributed by atoms with Gasteiger partial charge in [-0.1, -0.05) is 39.7 Å². The number of esters is 1. The largest absolute Gasteiger partial charge is 0.460 e. The molecular weight excluding hydrogens is 604 g/mol. The first-order valence-corrected chi connectivity index (χ1v) is 17.0. The molecule has 5 unspecified atom stereocenters. The van der Waals surface area contributed by atoms with Crippen molar-refractivity contribution in [3.8, 4) is 0 Å². The van der Waals surface area contributed by atoms with Crippen LogP contribution in [0.3, 0.4) is 0 Å². The van der Waals surface area contributed by atoms with Crippen molar-refractivity contribution in [3.05, 3.63) is 12.7 Å². The minimum absolute atomic E-state index is 0.0430. The Labute approximate surface area is 279 Å². The number of nitrogens with zero attached hydrogens (tertiary/aromatic N) is 1. The number of fused-ring (bicyclic) bond motifs is 1. The van der Waals surface area contributed by atoms with E-state index in [1.54, 1.807) is 41.5 Å². The first-order chi connectivity index (χ1) is 21.7. The number of rotatable bonds is 12. The molecule has 264 valence electrons. The molecule has 0 bridgehead atoms. The summed E-state index contributed by atoms with van der Waals surface area (Å²) in [5.74, 6) is -3.82. The number of amides is 4. The van der Waals surface area contributed by atoms with Crippen molar-refractivity contribution in [2.75, 3.05) is 13.1 Å². The highest BCUT2D eigenvalue weighted by atomic mass is 16.6. The number of ketones is 1. The van der Waals surface area contributed by atoms with Crippen molar-refractivity contribution < 1.29 is 38.2 Å². The van der Waals surface area contributed by atoms with Gasteiger partial charge in [-0.2, -0.15) is 0 Å². The van der Waals surface area contributed by atoms with E-state index < -0.39 is 70.8 Å². The standard InChI is InChI=1S/C35H56N4O8/c1-11-14-23(27(40)29(42)36-17-12-2)37-28(41)26-24-22(35(24,9)10)19-39(26)30(43)25(38-32(45)47-34(6,7)8)20-15-13-16-21(18-20)31(44)46-33(3,4)5/h12,20-26H,2,11,13-19H2,1,3-10H3,(H,36,42)(H,37,41)(H,38,45)/t20?,21-,22?,23+,24?,25?,26?/m1/s1. The molecule has 1 saturated heterocycles. The zero-order valence-corrected chi connectivity index (χ0v) is 29.7. The van der Waals surface area contributed by atoms with Crippen LogP contribution in [0, 0.1) is 29.1 Å². The fourth-order valence-corrected chi connectivity index (χ4v) is 7.16. The van der Waals surface area contributed by atoms with Crippen LogP contribution >= 0.6 is 0 Å². The van der Waals surface area contributed by atoms with Crippen LogP contribution in [0.1, 0.15) is 101 Å². The van der Waals surface area contributed by atoms with E-state index >= 15 is 0 Å². The zero-order valence-electron chi connectivity index (χ0n) is 29.7. The second-order valence-electron chi connectivity index (χ2n) is 15.9. The molecule has 12 nitrogen and oxygen atoms in total. The average Bonchev–Trinajstić information content (AvgIpc) is 3.27. The highest BCUT2D eigenvalue weighted by molar-refractivity contribution is 6.38. The Balaban J connectivity index is 1.90. The van der Waals surface area contributed by atoms with Crippen LogP contribution in [0.25, 0.3) is 0 Å². The maximum absolute atomic E-state index is 14.5. The van der Waals surface area contributed by atoms with Crippen LogP contribution in [-0.4, -0.2) is 82.9 Å². The lowest BCUT2D eigenvalue weighted by molar-refractivity contribution is -0.162. The molecule has 0 aromatic rings. The first-order valence-electron chi connectivity index (χ1n) is 17.0. The third-order valence-electron chi connectivity index (χ3n) is 9.47. The molecule has 0 radical (unpaired) electrons. The molecule has 4 amide bonds. The Morgan fingerprint density at radius 2 is 1.62 bits per heavy atom. The number of Topliss-reactive ketones (excluding diaryl/α,β-unsaturated/α-hetero) is 1. The van der Waals surface area contributed by atoms with Crippen molar-refractivity contribution in [1.82, 2.24) is 20.9 Å². The van der Waals surface area contributed by atoms with Crippen molar-refractivity contribution in [2.24, 2.45) is 29.1 Å². The second kappa shape index (κ2) is 14.8. The van der Waals surface area contributed by atoms with Gasteiger partial charge in [-0.25, -0.2) is 4.79 Å². The lowest BCUT2D eigenvalue weighted by Gasteiger charge is -2.38. The van der Waals surface area contributed by atoms with Crippen molar-refractivity contribution in [2.45, 2.75) is 130 Å². The van der Waals surface area contributed by atoms with E-state index in [9.17, 15) is 28.8 Å². The van der Waals surface area contributed by atoms with Crippen molar-refractivity contribution in [3.63, 3.8) is 0 Å². The summed E-state index contributed by atoms with van der Waals surface area (Å²) in [6, 6.07) is -3.01. The Bertz CT molecular complexity index is 1230. The zero-order chi connectivity index (χ0) is 35.5. The summed E-state index contributed by atoms with van der Waals surface area (Å²) in [5, 5.41) is 8.06. The van der Waals surface area contributed by atoms with Gasteiger partial charge in [-0.3, -0.25) is 24.0 Å². The number of nitrogens with one attached hydrogen (secondary N) is 3. The molecule has 2 aliphatic carbocycles. The molecule has 3 rings (SSSR count). The number of likely N-dealkylation sites (tertiary alicyclic amines) is 1. The number of hydrogen-bond donors (Lipinski definition) is 3. The third-order valence-corrected chi connectivity index (χ3v) is 9.47. The topological polar surface area (TPSA) is 160 Å².